The molecule has 2 heterocycles. The van der Waals surface area contributed by atoms with Crippen LogP contribution >= 0.6 is 24.8 Å². The highest BCUT2D eigenvalue weighted by Crippen LogP contribution is 2.49. The van der Waals surface area contributed by atoms with Gasteiger partial charge in [-0.3, -0.25) is 4.79 Å². The van der Waals surface area contributed by atoms with Crippen LogP contribution in [0.1, 0.15) is 44.0 Å². The number of nitrogens with zero attached hydrogens (tertiary/aromatic N) is 3. The van der Waals surface area contributed by atoms with Crippen molar-refractivity contribution in [2.75, 3.05) is 11.9 Å². The number of halogens is 2. The standard InChI is InChI=1S/C26H39N5O2Si.2ClH/c1-6-21-23(17(2)30-31(21)16-33-13-14-34(3,4)5)20-11-12-22(28-15-20)29-26(32)25(27)24(18-7-8-18)19-9-10-19;;/h11-12,15,18-19H,6-10,13-14,16,27H2,1-5H3,(H,28,29,32);2*1H. The minimum absolute atomic E-state index is 0. The maximum Gasteiger partial charge on any atom is 0.272 e. The SMILES string of the molecule is CCc1c(-c2ccc(NC(=O)C(N)=C(C3CC3)C3CC3)nc2)c(C)nn1COCC[Si](C)(C)C.Cl.Cl. The molecule has 0 aromatic carbocycles. The molecule has 2 aromatic heterocycles. The van der Waals surface area contributed by atoms with Crippen LogP contribution in [0.2, 0.25) is 25.7 Å². The number of allylic oxidation sites excluding steroid dienone is 1. The van der Waals surface area contributed by atoms with Gasteiger partial charge >= 0.3 is 0 Å². The molecule has 200 valence electrons. The van der Waals surface area contributed by atoms with Crippen LogP contribution in [-0.4, -0.2) is 35.4 Å². The fourth-order valence-electron chi connectivity index (χ4n) is 4.49. The number of nitrogens with one attached hydrogen (secondary N) is 1. The van der Waals surface area contributed by atoms with E-state index in [4.69, 9.17) is 15.6 Å². The molecule has 2 saturated carbocycles. The first-order valence-electron chi connectivity index (χ1n) is 12.6. The van der Waals surface area contributed by atoms with E-state index in [1.165, 1.54) is 5.57 Å². The largest absolute Gasteiger partial charge is 0.394 e. The molecule has 2 aliphatic rings. The average molecular weight is 555 g/mol. The molecule has 1 amide bonds. The van der Waals surface area contributed by atoms with Crippen molar-refractivity contribution >= 4 is 44.6 Å². The summed E-state index contributed by atoms with van der Waals surface area (Å²) >= 11 is 0. The van der Waals surface area contributed by atoms with Crippen molar-refractivity contribution in [1.82, 2.24) is 14.8 Å². The van der Waals surface area contributed by atoms with Gasteiger partial charge < -0.3 is 15.8 Å². The number of ether oxygens (including phenoxy) is 1. The van der Waals surface area contributed by atoms with Crippen LogP contribution in [0.4, 0.5) is 5.82 Å². The summed E-state index contributed by atoms with van der Waals surface area (Å²) in [6, 6.07) is 4.97. The number of amides is 1. The Morgan fingerprint density at radius 2 is 1.81 bits per heavy atom. The van der Waals surface area contributed by atoms with Crippen molar-refractivity contribution in [3.8, 4) is 11.1 Å². The van der Waals surface area contributed by atoms with Crippen LogP contribution < -0.4 is 11.1 Å². The summed E-state index contributed by atoms with van der Waals surface area (Å²) in [6.07, 6.45) is 7.27. The monoisotopic (exact) mass is 553 g/mol. The van der Waals surface area contributed by atoms with Gasteiger partial charge in [0, 0.05) is 37.7 Å². The van der Waals surface area contributed by atoms with Gasteiger partial charge in [-0.25, -0.2) is 9.67 Å². The van der Waals surface area contributed by atoms with Crippen molar-refractivity contribution in [2.45, 2.75) is 78.4 Å². The van der Waals surface area contributed by atoms with E-state index in [1.807, 2.05) is 23.7 Å². The van der Waals surface area contributed by atoms with Crippen molar-refractivity contribution < 1.29 is 9.53 Å². The lowest BCUT2D eigenvalue weighted by Gasteiger charge is -2.16. The molecule has 2 aromatic rings. The maximum absolute atomic E-state index is 12.8. The second-order valence-electron chi connectivity index (χ2n) is 10.9. The van der Waals surface area contributed by atoms with E-state index in [9.17, 15) is 4.79 Å². The summed E-state index contributed by atoms with van der Waals surface area (Å²) in [5.41, 5.74) is 12.0. The number of aromatic nitrogens is 3. The summed E-state index contributed by atoms with van der Waals surface area (Å²) in [7, 11) is -1.12. The highest BCUT2D eigenvalue weighted by atomic mass is 35.5. The fraction of sp³-hybridized carbons (Fsp3) is 0.577. The minimum Gasteiger partial charge on any atom is -0.394 e. The molecule has 3 N–H and O–H groups in total. The molecular formula is C26H41Cl2N5O2Si. The van der Waals surface area contributed by atoms with Crippen LogP contribution in [0.3, 0.4) is 0 Å². The molecular weight excluding hydrogens is 513 g/mol. The van der Waals surface area contributed by atoms with Crippen molar-refractivity contribution in [3.63, 3.8) is 0 Å². The molecule has 0 spiro atoms. The Morgan fingerprint density at radius 1 is 1.17 bits per heavy atom. The van der Waals surface area contributed by atoms with E-state index in [0.29, 0.717) is 30.1 Å². The summed E-state index contributed by atoms with van der Waals surface area (Å²) in [4.78, 5) is 17.3. The lowest BCUT2D eigenvalue weighted by Crippen LogP contribution is -2.23. The lowest BCUT2D eigenvalue weighted by atomic mass is 10.0. The predicted molar refractivity (Wildman–Crippen MR) is 153 cm³/mol. The topological polar surface area (TPSA) is 95.1 Å². The van der Waals surface area contributed by atoms with Gasteiger partial charge in [-0.1, -0.05) is 26.6 Å². The second kappa shape index (κ2) is 12.6. The number of rotatable bonds is 11. The van der Waals surface area contributed by atoms with Crippen molar-refractivity contribution in [1.29, 1.82) is 0 Å². The van der Waals surface area contributed by atoms with Gasteiger partial charge in [0.05, 0.1) is 11.4 Å². The Morgan fingerprint density at radius 3 is 2.31 bits per heavy atom. The molecule has 0 radical (unpaired) electrons. The summed E-state index contributed by atoms with van der Waals surface area (Å²) < 4.78 is 7.91. The van der Waals surface area contributed by atoms with Gasteiger partial charge in [0.15, 0.2) is 0 Å². The van der Waals surface area contributed by atoms with Crippen LogP contribution in [-0.2, 0) is 22.7 Å². The highest BCUT2D eigenvalue weighted by Gasteiger charge is 2.39. The first-order chi connectivity index (χ1) is 16.2. The number of anilines is 1. The number of hydrogen-bond acceptors (Lipinski definition) is 5. The van der Waals surface area contributed by atoms with Gasteiger partial charge in [-0.05, 0) is 74.6 Å². The van der Waals surface area contributed by atoms with E-state index >= 15 is 0 Å². The number of aryl methyl sites for hydroxylation is 1. The molecule has 10 heteroatoms. The molecule has 7 nitrogen and oxygen atoms in total. The second-order valence-corrected chi connectivity index (χ2v) is 16.5. The van der Waals surface area contributed by atoms with Crippen LogP contribution in [0.5, 0.6) is 0 Å². The number of hydrogen-bond donors (Lipinski definition) is 2. The number of carbonyl (C=O) groups excluding carboxylic acids is 1. The Hall–Kier alpha value is -1.87. The Kier molecular flexibility index (Phi) is 10.6. The lowest BCUT2D eigenvalue weighted by molar-refractivity contribution is -0.113. The van der Waals surface area contributed by atoms with E-state index in [1.54, 1.807) is 6.20 Å². The van der Waals surface area contributed by atoms with E-state index in [-0.39, 0.29) is 30.7 Å². The van der Waals surface area contributed by atoms with Crippen LogP contribution in [0, 0.1) is 18.8 Å². The summed E-state index contributed by atoms with van der Waals surface area (Å²) in [5, 5.41) is 7.62. The molecule has 0 bridgehead atoms. The van der Waals surface area contributed by atoms with Gasteiger partial charge in [-0.2, -0.15) is 5.10 Å². The molecule has 2 aliphatic carbocycles. The van der Waals surface area contributed by atoms with E-state index in [2.05, 4.69) is 36.9 Å². The maximum atomic E-state index is 12.8. The smallest absolute Gasteiger partial charge is 0.272 e. The summed E-state index contributed by atoms with van der Waals surface area (Å²) in [5.74, 6) is 1.31. The van der Waals surface area contributed by atoms with E-state index < -0.39 is 8.07 Å². The van der Waals surface area contributed by atoms with E-state index in [0.717, 1.165) is 67.3 Å². The molecule has 2 fully saturated rings. The van der Waals surface area contributed by atoms with Crippen molar-refractivity contribution in [3.05, 3.63) is 41.0 Å². The Labute approximate surface area is 228 Å². The van der Waals surface area contributed by atoms with Crippen molar-refractivity contribution in [2.24, 2.45) is 17.6 Å². The van der Waals surface area contributed by atoms with Gasteiger partial charge in [-0.15, -0.1) is 24.8 Å². The van der Waals surface area contributed by atoms with Gasteiger partial charge in [0.25, 0.3) is 5.91 Å². The molecule has 4 rings (SSSR count). The molecule has 0 atom stereocenters. The Bertz CT molecular complexity index is 1060. The van der Waals surface area contributed by atoms with Crippen LogP contribution in [0.15, 0.2) is 29.6 Å². The normalized spacial score (nSPS) is 15.0. The zero-order chi connectivity index (χ0) is 24.5. The third-order valence-corrected chi connectivity index (χ3v) is 8.37. The zero-order valence-electron chi connectivity index (χ0n) is 22.1. The summed E-state index contributed by atoms with van der Waals surface area (Å²) in [6.45, 7) is 12.4. The predicted octanol–water partition coefficient (Wildman–Crippen LogP) is 5.94. The minimum atomic E-state index is -1.12. The zero-order valence-corrected chi connectivity index (χ0v) is 24.7. The number of pyridine rings is 1. The molecule has 0 saturated heterocycles. The average Bonchev–Trinajstić information content (AvgIpc) is 3.71. The quantitative estimate of drug-likeness (QED) is 0.204. The van der Waals surface area contributed by atoms with Crippen LogP contribution in [0.25, 0.3) is 11.1 Å². The first-order valence-corrected chi connectivity index (χ1v) is 16.3. The fourth-order valence-corrected chi connectivity index (χ4v) is 5.25. The van der Waals surface area contributed by atoms with Gasteiger partial charge in [0.1, 0.15) is 12.5 Å². The molecule has 36 heavy (non-hydrogen) atoms. The highest BCUT2D eigenvalue weighted by molar-refractivity contribution is 6.76. The number of carbonyl (C=O) groups is 1. The Balaban J connectivity index is 0.00000228. The number of nitrogens with two attached hydrogens (primary N) is 1. The molecule has 0 unspecified atom stereocenters. The van der Waals surface area contributed by atoms with Gasteiger partial charge in [0.2, 0.25) is 0 Å². The first kappa shape index (κ1) is 30.4. The third-order valence-electron chi connectivity index (χ3n) is 6.66. The molecule has 0 aliphatic heterocycles. The third kappa shape index (κ3) is 7.57.